The predicted octanol–water partition coefficient (Wildman–Crippen LogP) is 3.04. The average molecular weight is 343 g/mol. The minimum atomic E-state index is -1.21. The van der Waals surface area contributed by atoms with E-state index < -0.39 is 5.60 Å². The van der Waals surface area contributed by atoms with Gasteiger partial charge in [-0.25, -0.2) is 0 Å². The van der Waals surface area contributed by atoms with Gasteiger partial charge in [-0.1, -0.05) is 37.3 Å². The van der Waals surface area contributed by atoms with Crippen LogP contribution in [-0.2, 0) is 21.6 Å². The van der Waals surface area contributed by atoms with Gasteiger partial charge in [-0.15, -0.1) is 0 Å². The van der Waals surface area contributed by atoms with Crippen LogP contribution in [0.15, 0.2) is 46.9 Å². The lowest BCUT2D eigenvalue weighted by Crippen LogP contribution is -2.45. The minimum absolute atomic E-state index is 0.0227. The van der Waals surface area contributed by atoms with E-state index in [2.05, 4.69) is 0 Å². The second-order valence-electron chi connectivity index (χ2n) is 6.65. The number of rotatable bonds is 5. The molecule has 5 nitrogen and oxygen atoms in total. The van der Waals surface area contributed by atoms with E-state index in [0.29, 0.717) is 19.8 Å². The summed E-state index contributed by atoms with van der Waals surface area (Å²) in [6.45, 7) is 5.11. The highest BCUT2D eigenvalue weighted by atomic mass is 16.5. The molecule has 2 aromatic rings. The Morgan fingerprint density at radius 2 is 2.04 bits per heavy atom. The highest BCUT2D eigenvalue weighted by molar-refractivity contribution is 5.78. The monoisotopic (exact) mass is 343 g/mol. The molecule has 5 heteroatoms. The third-order valence-electron chi connectivity index (χ3n) is 4.70. The molecule has 1 aliphatic heterocycles. The van der Waals surface area contributed by atoms with Gasteiger partial charge in [-0.2, -0.15) is 0 Å². The summed E-state index contributed by atoms with van der Waals surface area (Å²) in [5, 5.41) is 10.8. The molecule has 1 aromatic heterocycles. The van der Waals surface area contributed by atoms with Crippen molar-refractivity contribution in [2.75, 3.05) is 19.8 Å². The minimum Gasteiger partial charge on any atom is -0.464 e. The molecular formula is C20H25NO4. The topological polar surface area (TPSA) is 62.9 Å². The summed E-state index contributed by atoms with van der Waals surface area (Å²) in [7, 11) is 0. The van der Waals surface area contributed by atoms with Gasteiger partial charge < -0.3 is 19.2 Å². The number of hydrogen-bond acceptors (Lipinski definition) is 4. The number of amides is 1. The van der Waals surface area contributed by atoms with Crippen LogP contribution in [0.3, 0.4) is 0 Å². The first-order valence-corrected chi connectivity index (χ1v) is 8.75. The number of carbonyl (C=O) groups is 1. The zero-order chi connectivity index (χ0) is 17.9. The molecule has 0 saturated carbocycles. The molecule has 1 saturated heterocycles. The zero-order valence-corrected chi connectivity index (χ0v) is 14.8. The smallest absolute Gasteiger partial charge is 0.226 e. The van der Waals surface area contributed by atoms with E-state index in [9.17, 15) is 9.90 Å². The van der Waals surface area contributed by atoms with Crippen molar-refractivity contribution in [2.24, 2.45) is 0 Å². The van der Waals surface area contributed by atoms with Crippen molar-refractivity contribution < 1.29 is 19.1 Å². The number of aliphatic hydroxyl groups is 1. The van der Waals surface area contributed by atoms with Crippen molar-refractivity contribution in [3.63, 3.8) is 0 Å². The normalized spacial score (nSPS) is 20.3. The molecule has 3 rings (SSSR count). The zero-order valence-electron chi connectivity index (χ0n) is 14.8. The standard InChI is InChI=1S/C20H25NO4/c1-3-16-9-10-18(25-16)17-14-24-12-11-21(17)19(22)13-20(2,23)15-7-5-4-6-8-15/h4-10,17,23H,3,11-14H2,1-2H3. The maximum atomic E-state index is 12.9. The molecule has 2 atom stereocenters. The number of aryl methyl sites for hydroxylation is 1. The van der Waals surface area contributed by atoms with Gasteiger partial charge in [0.05, 0.1) is 25.2 Å². The van der Waals surface area contributed by atoms with E-state index in [-0.39, 0.29) is 18.4 Å². The van der Waals surface area contributed by atoms with Crippen LogP contribution in [0, 0.1) is 0 Å². The van der Waals surface area contributed by atoms with E-state index in [0.717, 1.165) is 23.5 Å². The van der Waals surface area contributed by atoms with Crippen molar-refractivity contribution in [1.29, 1.82) is 0 Å². The number of hydrogen-bond donors (Lipinski definition) is 1. The third kappa shape index (κ3) is 3.94. The fourth-order valence-corrected chi connectivity index (χ4v) is 3.20. The van der Waals surface area contributed by atoms with Gasteiger partial charge in [-0.3, -0.25) is 4.79 Å². The molecule has 134 valence electrons. The number of nitrogens with zero attached hydrogens (tertiary/aromatic N) is 1. The van der Waals surface area contributed by atoms with Crippen molar-refractivity contribution in [3.8, 4) is 0 Å². The summed E-state index contributed by atoms with van der Waals surface area (Å²) in [5.74, 6) is 1.53. The first-order valence-electron chi connectivity index (χ1n) is 8.75. The maximum absolute atomic E-state index is 12.9. The van der Waals surface area contributed by atoms with Crippen LogP contribution in [0.5, 0.6) is 0 Å². The van der Waals surface area contributed by atoms with Crippen molar-refractivity contribution >= 4 is 5.91 Å². The van der Waals surface area contributed by atoms with Gasteiger partial charge in [0.15, 0.2) is 0 Å². The lowest BCUT2D eigenvalue weighted by molar-refractivity contribution is -0.146. The van der Waals surface area contributed by atoms with Crippen LogP contribution in [-0.4, -0.2) is 35.7 Å². The molecular weight excluding hydrogens is 318 g/mol. The van der Waals surface area contributed by atoms with Crippen molar-refractivity contribution in [2.45, 2.75) is 38.3 Å². The van der Waals surface area contributed by atoms with Crippen molar-refractivity contribution in [1.82, 2.24) is 4.90 Å². The van der Waals surface area contributed by atoms with E-state index in [1.54, 1.807) is 11.8 Å². The highest BCUT2D eigenvalue weighted by Crippen LogP contribution is 2.30. The second kappa shape index (κ2) is 7.42. The molecule has 1 aromatic carbocycles. The van der Waals surface area contributed by atoms with Gasteiger partial charge in [0, 0.05) is 13.0 Å². The highest BCUT2D eigenvalue weighted by Gasteiger charge is 2.35. The third-order valence-corrected chi connectivity index (χ3v) is 4.70. The van der Waals surface area contributed by atoms with Crippen LogP contribution < -0.4 is 0 Å². The summed E-state index contributed by atoms with van der Waals surface area (Å²) < 4.78 is 11.4. The average Bonchev–Trinajstić information content (AvgIpc) is 3.11. The lowest BCUT2D eigenvalue weighted by Gasteiger charge is -2.36. The molecule has 0 radical (unpaired) electrons. The Bertz CT molecular complexity index is 707. The van der Waals surface area contributed by atoms with Gasteiger partial charge >= 0.3 is 0 Å². The van der Waals surface area contributed by atoms with Crippen LogP contribution >= 0.6 is 0 Å². The Kier molecular flexibility index (Phi) is 5.25. The maximum Gasteiger partial charge on any atom is 0.226 e. The molecule has 2 heterocycles. The molecule has 2 unspecified atom stereocenters. The fraction of sp³-hybridized carbons (Fsp3) is 0.450. The lowest BCUT2D eigenvalue weighted by atomic mass is 9.91. The van der Waals surface area contributed by atoms with Crippen molar-refractivity contribution in [3.05, 3.63) is 59.5 Å². The number of morpholine rings is 1. The summed E-state index contributed by atoms with van der Waals surface area (Å²) in [6.07, 6.45) is 0.832. The van der Waals surface area contributed by atoms with E-state index >= 15 is 0 Å². The summed E-state index contributed by atoms with van der Waals surface area (Å²) in [6, 6.07) is 12.9. The van der Waals surface area contributed by atoms with E-state index in [1.807, 2.05) is 49.4 Å². The molecule has 0 spiro atoms. The van der Waals surface area contributed by atoms with Crippen LogP contribution in [0.4, 0.5) is 0 Å². The Morgan fingerprint density at radius 3 is 2.72 bits per heavy atom. The molecule has 25 heavy (non-hydrogen) atoms. The summed E-state index contributed by atoms with van der Waals surface area (Å²) in [4.78, 5) is 14.7. The first-order chi connectivity index (χ1) is 12.0. The van der Waals surface area contributed by atoms with Gasteiger partial charge in [0.25, 0.3) is 0 Å². The number of furan rings is 1. The molecule has 1 amide bonds. The van der Waals surface area contributed by atoms with Crippen LogP contribution in [0.2, 0.25) is 0 Å². The number of ether oxygens (including phenoxy) is 1. The van der Waals surface area contributed by atoms with Crippen LogP contribution in [0.25, 0.3) is 0 Å². The van der Waals surface area contributed by atoms with E-state index in [1.165, 1.54) is 0 Å². The SMILES string of the molecule is CCc1ccc(C2COCCN2C(=O)CC(C)(O)c2ccccc2)o1. The first kappa shape index (κ1) is 17.7. The molecule has 0 bridgehead atoms. The fourth-order valence-electron chi connectivity index (χ4n) is 3.20. The van der Waals surface area contributed by atoms with Gasteiger partial charge in [0.2, 0.25) is 5.91 Å². The molecule has 0 aliphatic carbocycles. The quantitative estimate of drug-likeness (QED) is 0.906. The Balaban J connectivity index is 1.77. The van der Waals surface area contributed by atoms with Gasteiger partial charge in [0.1, 0.15) is 17.6 Å². The van der Waals surface area contributed by atoms with E-state index in [4.69, 9.17) is 9.15 Å². The Hall–Kier alpha value is -2.11. The van der Waals surface area contributed by atoms with Crippen LogP contribution in [0.1, 0.15) is 43.4 Å². The molecule has 1 aliphatic rings. The molecule has 1 fully saturated rings. The predicted molar refractivity (Wildman–Crippen MR) is 94.0 cm³/mol. The Morgan fingerprint density at radius 1 is 1.28 bits per heavy atom. The largest absolute Gasteiger partial charge is 0.464 e. The second-order valence-corrected chi connectivity index (χ2v) is 6.65. The van der Waals surface area contributed by atoms with Gasteiger partial charge in [-0.05, 0) is 24.6 Å². The Labute approximate surface area is 148 Å². The molecule has 1 N–H and O–H groups in total. The summed E-state index contributed by atoms with van der Waals surface area (Å²) in [5.41, 5.74) is -0.474. The number of benzene rings is 1. The summed E-state index contributed by atoms with van der Waals surface area (Å²) >= 11 is 0. The number of carbonyl (C=O) groups excluding carboxylic acids is 1.